The van der Waals surface area contributed by atoms with Gasteiger partial charge < -0.3 is 9.84 Å². The zero-order valence-electron chi connectivity index (χ0n) is 14.1. The zero-order valence-corrected chi connectivity index (χ0v) is 14.1. The molecule has 0 saturated carbocycles. The molecular weight excluding hydrogens is 304 g/mol. The number of methoxy groups -OCH3 is 1. The van der Waals surface area contributed by atoms with E-state index in [0.717, 1.165) is 5.56 Å². The lowest BCUT2D eigenvalue weighted by atomic mass is 9.55. The van der Waals surface area contributed by atoms with E-state index in [9.17, 15) is 14.7 Å². The molecule has 0 bridgehead atoms. The average molecular weight is 324 g/mol. The third-order valence-corrected chi connectivity index (χ3v) is 5.22. The summed E-state index contributed by atoms with van der Waals surface area (Å²) >= 11 is 0. The first-order valence-electron chi connectivity index (χ1n) is 7.81. The van der Waals surface area contributed by atoms with Crippen molar-refractivity contribution in [1.82, 2.24) is 0 Å². The molecule has 4 nitrogen and oxygen atoms in total. The number of carbonyl (C=O) groups is 2. The summed E-state index contributed by atoms with van der Waals surface area (Å²) in [5.41, 5.74) is -0.148. The van der Waals surface area contributed by atoms with E-state index in [2.05, 4.69) is 6.58 Å². The first-order chi connectivity index (χ1) is 11.3. The summed E-state index contributed by atoms with van der Waals surface area (Å²) in [6, 6.07) is 5.15. The molecule has 0 fully saturated rings. The molecule has 3 rings (SSSR count). The fraction of sp³-hybridized carbons (Fsp3) is 0.300. The number of hydrogen-bond donors (Lipinski definition) is 1. The molecule has 4 heteroatoms. The second kappa shape index (κ2) is 5.20. The first-order valence-corrected chi connectivity index (χ1v) is 7.81. The van der Waals surface area contributed by atoms with Crippen LogP contribution in [-0.4, -0.2) is 23.8 Å². The number of carbonyl (C=O) groups excluding carboxylic acids is 2. The van der Waals surface area contributed by atoms with Crippen LogP contribution in [0.4, 0.5) is 0 Å². The Morgan fingerprint density at radius 3 is 2.62 bits per heavy atom. The van der Waals surface area contributed by atoms with Crippen molar-refractivity contribution in [2.45, 2.75) is 25.7 Å². The third kappa shape index (κ3) is 1.92. The van der Waals surface area contributed by atoms with E-state index < -0.39 is 16.6 Å². The lowest BCUT2D eigenvalue weighted by Gasteiger charge is -2.46. The number of ether oxygens (including phenoxy) is 1. The summed E-state index contributed by atoms with van der Waals surface area (Å²) < 4.78 is 5.29. The van der Waals surface area contributed by atoms with E-state index in [1.54, 1.807) is 50.5 Å². The van der Waals surface area contributed by atoms with E-state index >= 15 is 0 Å². The van der Waals surface area contributed by atoms with Gasteiger partial charge in [0.05, 0.1) is 12.5 Å². The summed E-state index contributed by atoms with van der Waals surface area (Å²) in [6.07, 6.45) is 5.29. The highest BCUT2D eigenvalue weighted by molar-refractivity contribution is 6.13. The third-order valence-electron chi connectivity index (χ3n) is 5.22. The maximum atomic E-state index is 12.7. The largest absolute Gasteiger partial charge is 0.504 e. The molecule has 124 valence electrons. The predicted octanol–water partition coefficient (Wildman–Crippen LogP) is 3.68. The Hall–Kier alpha value is -2.62. The Bertz CT molecular complexity index is 830. The van der Waals surface area contributed by atoms with Gasteiger partial charge in [0, 0.05) is 16.6 Å². The van der Waals surface area contributed by atoms with Gasteiger partial charge in [-0.1, -0.05) is 12.2 Å². The Morgan fingerprint density at radius 1 is 1.29 bits per heavy atom. The fourth-order valence-electron chi connectivity index (χ4n) is 3.95. The summed E-state index contributed by atoms with van der Waals surface area (Å²) in [4.78, 5) is 25.3. The van der Waals surface area contributed by atoms with E-state index in [1.807, 2.05) is 6.92 Å². The highest BCUT2D eigenvalue weighted by Crippen LogP contribution is 2.54. The van der Waals surface area contributed by atoms with Crippen molar-refractivity contribution in [3.63, 3.8) is 0 Å². The molecule has 0 spiro atoms. The molecule has 0 saturated heterocycles. The summed E-state index contributed by atoms with van der Waals surface area (Å²) in [5, 5.41) is 10.7. The lowest BCUT2D eigenvalue weighted by Crippen LogP contribution is -2.46. The highest BCUT2D eigenvalue weighted by atomic mass is 16.5. The molecule has 0 heterocycles. The molecule has 0 aromatic heterocycles. The number of Topliss-reactive ketones (excluding diaryl/α,β-unsaturated/α-hetero) is 1. The smallest absolute Gasteiger partial charge is 0.227 e. The number of ketones is 2. The van der Waals surface area contributed by atoms with Crippen LogP contribution < -0.4 is 4.74 Å². The normalized spacial score (nSPS) is 28.5. The molecule has 2 unspecified atom stereocenters. The molecule has 1 aromatic rings. The topological polar surface area (TPSA) is 63.6 Å². The van der Waals surface area contributed by atoms with Gasteiger partial charge in [0.15, 0.2) is 11.5 Å². The number of rotatable bonds is 3. The van der Waals surface area contributed by atoms with Gasteiger partial charge in [-0.25, -0.2) is 0 Å². The molecule has 24 heavy (non-hydrogen) atoms. The van der Waals surface area contributed by atoms with Crippen LogP contribution in [0.15, 0.2) is 54.3 Å². The van der Waals surface area contributed by atoms with E-state index in [-0.39, 0.29) is 11.5 Å². The fourth-order valence-corrected chi connectivity index (χ4v) is 3.95. The summed E-state index contributed by atoms with van der Waals surface area (Å²) in [7, 11) is 1.56. The minimum atomic E-state index is -0.994. The Balaban J connectivity index is 2.37. The standard InChI is InChI=1S/C20H20O4/c1-5-9-20(3)15(21)8-10-19(2)14-11-12(24-4)6-7-13(14)16(22)17(23)18(19)20/h5-8,10-11,23H,1,9H2,2-4H3. The van der Waals surface area contributed by atoms with Crippen molar-refractivity contribution < 1.29 is 19.4 Å². The van der Waals surface area contributed by atoms with Crippen molar-refractivity contribution >= 4 is 11.6 Å². The number of hydrogen-bond acceptors (Lipinski definition) is 4. The van der Waals surface area contributed by atoms with Gasteiger partial charge in [0.1, 0.15) is 5.75 Å². The number of allylic oxidation sites excluding steroid dienone is 5. The molecular formula is C20H20O4. The first kappa shape index (κ1) is 16.2. The molecule has 1 aromatic carbocycles. The second-order valence-corrected chi connectivity index (χ2v) is 6.69. The van der Waals surface area contributed by atoms with Crippen LogP contribution in [-0.2, 0) is 10.2 Å². The Kier molecular flexibility index (Phi) is 3.52. The predicted molar refractivity (Wildman–Crippen MR) is 91.4 cm³/mol. The van der Waals surface area contributed by atoms with Gasteiger partial charge in [0.25, 0.3) is 0 Å². The number of benzene rings is 1. The molecule has 0 radical (unpaired) electrons. The van der Waals surface area contributed by atoms with Gasteiger partial charge >= 0.3 is 0 Å². The summed E-state index contributed by atoms with van der Waals surface area (Å²) in [6.45, 7) is 7.39. The highest BCUT2D eigenvalue weighted by Gasteiger charge is 2.53. The summed E-state index contributed by atoms with van der Waals surface area (Å²) in [5.74, 6) is -0.310. The molecule has 2 aliphatic rings. The second-order valence-electron chi connectivity index (χ2n) is 6.69. The number of aliphatic hydroxyl groups excluding tert-OH is 1. The van der Waals surface area contributed by atoms with Crippen molar-refractivity contribution in [3.05, 3.63) is 65.5 Å². The zero-order chi connectivity index (χ0) is 17.7. The monoisotopic (exact) mass is 324 g/mol. The minimum Gasteiger partial charge on any atom is -0.504 e. The molecule has 2 aliphatic carbocycles. The van der Waals surface area contributed by atoms with Crippen LogP contribution in [0.1, 0.15) is 36.2 Å². The SMILES string of the molecule is C=CCC1(C)C(=O)C=CC2(C)C1=C(O)C(=O)c1ccc(OC)cc12. The van der Waals surface area contributed by atoms with Crippen LogP contribution in [0, 0.1) is 5.41 Å². The van der Waals surface area contributed by atoms with Crippen LogP contribution >= 0.6 is 0 Å². The molecule has 0 amide bonds. The van der Waals surface area contributed by atoms with E-state index in [1.165, 1.54) is 0 Å². The maximum absolute atomic E-state index is 12.7. The van der Waals surface area contributed by atoms with Crippen LogP contribution in [0.2, 0.25) is 0 Å². The van der Waals surface area contributed by atoms with Crippen LogP contribution in [0.5, 0.6) is 5.75 Å². The van der Waals surface area contributed by atoms with Gasteiger partial charge in [-0.3, -0.25) is 9.59 Å². The minimum absolute atomic E-state index is 0.138. The van der Waals surface area contributed by atoms with Gasteiger partial charge in [0.2, 0.25) is 5.78 Å². The van der Waals surface area contributed by atoms with Crippen molar-refractivity contribution in [2.24, 2.45) is 5.41 Å². The van der Waals surface area contributed by atoms with Crippen molar-refractivity contribution in [3.8, 4) is 5.75 Å². The average Bonchev–Trinajstić information content (AvgIpc) is 2.56. The van der Waals surface area contributed by atoms with Gasteiger partial charge in [-0.15, -0.1) is 6.58 Å². The van der Waals surface area contributed by atoms with Crippen molar-refractivity contribution in [1.29, 1.82) is 0 Å². The van der Waals surface area contributed by atoms with Crippen molar-refractivity contribution in [2.75, 3.05) is 7.11 Å². The molecule has 1 N–H and O–H groups in total. The van der Waals surface area contributed by atoms with Crippen LogP contribution in [0.3, 0.4) is 0 Å². The quantitative estimate of drug-likeness (QED) is 0.862. The van der Waals surface area contributed by atoms with Gasteiger partial charge in [-0.2, -0.15) is 0 Å². The van der Waals surface area contributed by atoms with Crippen LogP contribution in [0.25, 0.3) is 0 Å². The van der Waals surface area contributed by atoms with E-state index in [0.29, 0.717) is 23.3 Å². The molecule has 0 aliphatic heterocycles. The Labute approximate surface area is 141 Å². The number of fused-ring (bicyclic) bond motifs is 3. The number of aliphatic hydroxyl groups is 1. The van der Waals surface area contributed by atoms with Gasteiger partial charge in [-0.05, 0) is 50.1 Å². The lowest BCUT2D eigenvalue weighted by molar-refractivity contribution is -0.122. The maximum Gasteiger partial charge on any atom is 0.227 e. The van der Waals surface area contributed by atoms with E-state index in [4.69, 9.17) is 4.74 Å². The molecule has 2 atom stereocenters. The Morgan fingerprint density at radius 2 is 2.00 bits per heavy atom.